The Bertz CT molecular complexity index is 424. The average molecular weight is 250 g/mol. The van der Waals surface area contributed by atoms with Gasteiger partial charge in [-0.25, -0.2) is 14.8 Å². The summed E-state index contributed by atoms with van der Waals surface area (Å²) in [5, 5.41) is 3.33. The first-order valence-corrected chi connectivity index (χ1v) is 6.05. The summed E-state index contributed by atoms with van der Waals surface area (Å²) >= 11 is 0. The van der Waals surface area contributed by atoms with Crippen molar-refractivity contribution in [3.8, 4) is 0 Å². The van der Waals surface area contributed by atoms with Gasteiger partial charge in [0.05, 0.1) is 7.11 Å². The molecule has 0 aliphatic carbocycles. The predicted molar refractivity (Wildman–Crippen MR) is 67.5 cm³/mol. The molecule has 1 aliphatic heterocycles. The van der Waals surface area contributed by atoms with Gasteiger partial charge in [-0.15, -0.1) is 0 Å². The lowest BCUT2D eigenvalue weighted by Gasteiger charge is -2.30. The highest BCUT2D eigenvalue weighted by Gasteiger charge is 2.18. The molecule has 1 fully saturated rings. The second-order valence-corrected chi connectivity index (χ2v) is 4.50. The van der Waals surface area contributed by atoms with Crippen LogP contribution in [0.1, 0.15) is 23.5 Å². The van der Waals surface area contributed by atoms with Crippen molar-refractivity contribution in [2.45, 2.75) is 18.9 Å². The molecule has 2 rings (SSSR count). The number of hydrogen-bond acceptors (Lipinski definition) is 6. The Labute approximate surface area is 106 Å². The number of hydrogen-bond donors (Lipinski definition) is 1. The molecular weight excluding hydrogens is 232 g/mol. The van der Waals surface area contributed by atoms with E-state index in [-0.39, 0.29) is 5.82 Å². The minimum absolute atomic E-state index is 0.0895. The van der Waals surface area contributed by atoms with Crippen LogP contribution in [0.2, 0.25) is 0 Å². The van der Waals surface area contributed by atoms with Gasteiger partial charge >= 0.3 is 5.97 Å². The van der Waals surface area contributed by atoms with Gasteiger partial charge in [0.25, 0.3) is 0 Å². The number of likely N-dealkylation sites (N-methyl/N-ethyl adjacent to an activating group) is 1. The van der Waals surface area contributed by atoms with Crippen LogP contribution >= 0.6 is 0 Å². The molecule has 0 saturated carbocycles. The van der Waals surface area contributed by atoms with Crippen LogP contribution in [0.3, 0.4) is 0 Å². The monoisotopic (exact) mass is 250 g/mol. The first-order valence-electron chi connectivity index (χ1n) is 6.05. The Morgan fingerprint density at radius 1 is 1.61 bits per heavy atom. The minimum atomic E-state index is -0.514. The first-order chi connectivity index (χ1) is 8.69. The van der Waals surface area contributed by atoms with Gasteiger partial charge in [0.15, 0.2) is 0 Å². The minimum Gasteiger partial charge on any atom is -0.463 e. The molecule has 0 bridgehead atoms. The number of piperidine rings is 1. The SMILES string of the molecule is COC(=O)c1nccc(NC2CCCN(C)C2)n1. The van der Waals surface area contributed by atoms with E-state index in [0.717, 1.165) is 19.5 Å². The van der Waals surface area contributed by atoms with Crippen LogP contribution in [-0.4, -0.2) is 54.1 Å². The van der Waals surface area contributed by atoms with E-state index in [1.807, 2.05) is 0 Å². The summed E-state index contributed by atoms with van der Waals surface area (Å²) in [6.45, 7) is 2.12. The summed E-state index contributed by atoms with van der Waals surface area (Å²) in [6, 6.07) is 2.13. The summed E-state index contributed by atoms with van der Waals surface area (Å²) in [7, 11) is 3.43. The van der Waals surface area contributed by atoms with Crippen LogP contribution in [0, 0.1) is 0 Å². The third-order valence-corrected chi connectivity index (χ3v) is 3.00. The molecule has 0 aromatic carbocycles. The van der Waals surface area contributed by atoms with Crippen molar-refractivity contribution in [1.29, 1.82) is 0 Å². The molecule has 1 atom stereocenters. The molecular formula is C12H18N4O2. The molecule has 98 valence electrons. The summed E-state index contributed by atoms with van der Waals surface area (Å²) in [5.74, 6) is 0.247. The lowest BCUT2D eigenvalue weighted by atomic mass is 10.1. The molecule has 1 saturated heterocycles. The number of nitrogens with one attached hydrogen (secondary N) is 1. The maximum absolute atomic E-state index is 11.3. The zero-order chi connectivity index (χ0) is 13.0. The van der Waals surface area contributed by atoms with Crippen molar-refractivity contribution in [3.05, 3.63) is 18.1 Å². The maximum Gasteiger partial charge on any atom is 0.376 e. The van der Waals surface area contributed by atoms with Crippen LogP contribution in [0.5, 0.6) is 0 Å². The molecule has 18 heavy (non-hydrogen) atoms. The zero-order valence-corrected chi connectivity index (χ0v) is 10.7. The van der Waals surface area contributed by atoms with Crippen molar-refractivity contribution in [1.82, 2.24) is 14.9 Å². The number of rotatable bonds is 3. The molecule has 0 amide bonds. The Morgan fingerprint density at radius 3 is 3.17 bits per heavy atom. The van der Waals surface area contributed by atoms with Gasteiger partial charge in [0, 0.05) is 18.8 Å². The third kappa shape index (κ3) is 3.16. The highest BCUT2D eigenvalue weighted by molar-refractivity contribution is 5.85. The van der Waals surface area contributed by atoms with Crippen molar-refractivity contribution < 1.29 is 9.53 Å². The number of methoxy groups -OCH3 is 1. The Kier molecular flexibility index (Phi) is 4.09. The molecule has 1 N–H and O–H groups in total. The van der Waals surface area contributed by atoms with E-state index in [1.165, 1.54) is 13.5 Å². The van der Waals surface area contributed by atoms with Gasteiger partial charge < -0.3 is 15.0 Å². The number of aromatic nitrogens is 2. The molecule has 1 aromatic rings. The van der Waals surface area contributed by atoms with Crippen molar-refractivity contribution in [2.75, 3.05) is 32.6 Å². The summed E-state index contributed by atoms with van der Waals surface area (Å²) in [5.41, 5.74) is 0. The van der Waals surface area contributed by atoms with Crippen molar-refractivity contribution >= 4 is 11.8 Å². The smallest absolute Gasteiger partial charge is 0.376 e. The fourth-order valence-corrected chi connectivity index (χ4v) is 2.12. The molecule has 1 aromatic heterocycles. The van der Waals surface area contributed by atoms with Gasteiger partial charge in [-0.1, -0.05) is 0 Å². The molecule has 2 heterocycles. The zero-order valence-electron chi connectivity index (χ0n) is 10.7. The van der Waals surface area contributed by atoms with E-state index in [9.17, 15) is 4.79 Å². The normalized spacial score (nSPS) is 20.4. The lowest BCUT2D eigenvalue weighted by Crippen LogP contribution is -2.40. The number of ether oxygens (including phenoxy) is 1. The van der Waals surface area contributed by atoms with Crippen LogP contribution in [0.25, 0.3) is 0 Å². The standard InChI is InChI=1S/C12H18N4O2/c1-16-7-3-4-9(8-16)14-10-5-6-13-11(15-10)12(17)18-2/h5-6,9H,3-4,7-8H2,1-2H3,(H,13,14,15). The van der Waals surface area contributed by atoms with Gasteiger partial charge in [-0.3, -0.25) is 0 Å². The van der Waals surface area contributed by atoms with Gasteiger partial charge in [0.2, 0.25) is 5.82 Å². The van der Waals surface area contributed by atoms with Gasteiger partial charge in [-0.05, 0) is 32.5 Å². The maximum atomic E-state index is 11.3. The quantitative estimate of drug-likeness (QED) is 0.799. The van der Waals surface area contributed by atoms with Gasteiger partial charge in [-0.2, -0.15) is 0 Å². The van der Waals surface area contributed by atoms with E-state index in [2.05, 4.69) is 32.0 Å². The number of carbonyl (C=O) groups excluding carboxylic acids is 1. The topological polar surface area (TPSA) is 67.3 Å². The summed E-state index contributed by atoms with van der Waals surface area (Å²) < 4.78 is 4.60. The lowest BCUT2D eigenvalue weighted by molar-refractivity contribution is 0.0587. The molecule has 1 aliphatic rings. The van der Waals surface area contributed by atoms with E-state index < -0.39 is 5.97 Å². The second-order valence-electron chi connectivity index (χ2n) is 4.50. The van der Waals surface area contributed by atoms with Crippen LogP contribution in [0.4, 0.5) is 5.82 Å². The van der Waals surface area contributed by atoms with E-state index in [1.54, 1.807) is 12.3 Å². The van der Waals surface area contributed by atoms with E-state index in [4.69, 9.17) is 0 Å². The van der Waals surface area contributed by atoms with Crippen LogP contribution in [0.15, 0.2) is 12.3 Å². The average Bonchev–Trinajstić information content (AvgIpc) is 2.38. The number of nitrogens with zero attached hydrogens (tertiary/aromatic N) is 3. The molecule has 0 spiro atoms. The summed E-state index contributed by atoms with van der Waals surface area (Å²) in [6.07, 6.45) is 3.85. The largest absolute Gasteiger partial charge is 0.463 e. The molecule has 6 nitrogen and oxygen atoms in total. The Balaban J connectivity index is 2.02. The number of carbonyl (C=O) groups is 1. The van der Waals surface area contributed by atoms with Crippen molar-refractivity contribution in [2.24, 2.45) is 0 Å². The van der Waals surface area contributed by atoms with Crippen molar-refractivity contribution in [3.63, 3.8) is 0 Å². The third-order valence-electron chi connectivity index (χ3n) is 3.00. The number of likely N-dealkylation sites (tertiary alicyclic amines) is 1. The molecule has 0 radical (unpaired) electrons. The first kappa shape index (κ1) is 12.8. The van der Waals surface area contributed by atoms with Crippen LogP contribution in [-0.2, 0) is 4.74 Å². The molecule has 1 unspecified atom stereocenters. The number of anilines is 1. The van der Waals surface area contributed by atoms with E-state index >= 15 is 0 Å². The molecule has 6 heteroatoms. The van der Waals surface area contributed by atoms with Crippen LogP contribution < -0.4 is 5.32 Å². The second kappa shape index (κ2) is 5.77. The number of esters is 1. The Hall–Kier alpha value is -1.69. The highest BCUT2D eigenvalue weighted by Crippen LogP contribution is 2.13. The Morgan fingerprint density at radius 2 is 2.44 bits per heavy atom. The summed E-state index contributed by atoms with van der Waals surface area (Å²) in [4.78, 5) is 21.6. The van der Waals surface area contributed by atoms with E-state index in [0.29, 0.717) is 11.9 Å². The fourth-order valence-electron chi connectivity index (χ4n) is 2.12. The fraction of sp³-hybridized carbons (Fsp3) is 0.583. The highest BCUT2D eigenvalue weighted by atomic mass is 16.5. The predicted octanol–water partition coefficient (Wildman–Crippen LogP) is 0.769. The van der Waals surface area contributed by atoms with Gasteiger partial charge in [0.1, 0.15) is 5.82 Å².